The summed E-state index contributed by atoms with van der Waals surface area (Å²) in [5.41, 5.74) is 0.801. The van der Waals surface area contributed by atoms with E-state index >= 15 is 0 Å². The molecule has 1 aromatic carbocycles. The van der Waals surface area contributed by atoms with Crippen molar-refractivity contribution in [3.05, 3.63) is 29.5 Å². The van der Waals surface area contributed by atoms with Gasteiger partial charge in [0.25, 0.3) is 0 Å². The molecule has 0 heterocycles. The van der Waals surface area contributed by atoms with Crippen molar-refractivity contribution in [3.8, 4) is 11.5 Å². The molecule has 0 unspecified atom stereocenters. The Labute approximate surface area is 167 Å². The summed E-state index contributed by atoms with van der Waals surface area (Å²) in [6.07, 6.45) is 1.72. The van der Waals surface area contributed by atoms with Gasteiger partial charge in [0, 0.05) is 0 Å². The molecule has 152 valence electrons. The minimum absolute atomic E-state index is 0.248. The van der Waals surface area contributed by atoms with Crippen LogP contribution in [-0.2, 0) is 13.6 Å². The highest BCUT2D eigenvalue weighted by molar-refractivity contribution is 6.72. The van der Waals surface area contributed by atoms with Gasteiger partial charge in [0.15, 0.2) is 11.5 Å². The van der Waals surface area contributed by atoms with Crippen molar-refractivity contribution < 1.29 is 22.8 Å². The van der Waals surface area contributed by atoms with Crippen LogP contribution < -0.4 is 9.16 Å². The number of methoxy groups -OCH3 is 1. The molecule has 0 aromatic heterocycles. The van der Waals surface area contributed by atoms with E-state index in [2.05, 4.69) is 19.6 Å². The summed E-state index contributed by atoms with van der Waals surface area (Å²) in [6, 6.07) is 5.62. The summed E-state index contributed by atoms with van der Waals surface area (Å²) in [5.74, 6) is 1.19. The van der Waals surface area contributed by atoms with Gasteiger partial charge in [-0.25, -0.2) is 4.79 Å². The van der Waals surface area contributed by atoms with E-state index in [-0.39, 0.29) is 5.76 Å². The van der Waals surface area contributed by atoms with Gasteiger partial charge >= 0.3 is 5.97 Å². The summed E-state index contributed by atoms with van der Waals surface area (Å²) >= 11 is 0. The third-order valence-electron chi connectivity index (χ3n) is 2.92. The van der Waals surface area contributed by atoms with Crippen molar-refractivity contribution in [2.75, 3.05) is 7.11 Å². The first-order chi connectivity index (χ1) is 12.1. The van der Waals surface area contributed by atoms with Crippen LogP contribution in [0.25, 0.3) is 6.08 Å². The third-order valence-corrected chi connectivity index (χ3v) is 5.38. The lowest BCUT2D eigenvalue weighted by molar-refractivity contribution is -0.133. The van der Waals surface area contributed by atoms with E-state index in [1.54, 1.807) is 13.2 Å². The SMILES string of the molecule is COc1cc(/C=C(\O[Si](C)(C)C)C(=O)O[Si](C)(C)C)ccc1O[Si](C)(C)C. The lowest BCUT2D eigenvalue weighted by atomic mass is 10.2. The highest BCUT2D eigenvalue weighted by Gasteiger charge is 2.27. The second kappa shape index (κ2) is 8.66. The zero-order valence-electron chi connectivity index (χ0n) is 18.4. The highest BCUT2D eigenvalue weighted by atomic mass is 28.4. The van der Waals surface area contributed by atoms with Crippen LogP contribution in [0.5, 0.6) is 11.5 Å². The maximum atomic E-state index is 12.6. The highest BCUT2D eigenvalue weighted by Crippen LogP contribution is 2.31. The van der Waals surface area contributed by atoms with Gasteiger partial charge in [0.2, 0.25) is 25.0 Å². The van der Waals surface area contributed by atoms with E-state index in [1.165, 1.54) is 0 Å². The van der Waals surface area contributed by atoms with Gasteiger partial charge in [-0.2, -0.15) is 0 Å². The smallest absolute Gasteiger partial charge is 0.358 e. The minimum Gasteiger partial charge on any atom is -0.542 e. The number of carbonyl (C=O) groups is 1. The normalized spacial score (nSPS) is 13.2. The third kappa shape index (κ3) is 9.30. The van der Waals surface area contributed by atoms with Crippen LogP contribution in [0.1, 0.15) is 5.56 Å². The van der Waals surface area contributed by atoms with E-state index in [0.29, 0.717) is 11.5 Å². The second-order valence-electron chi connectivity index (χ2n) is 9.35. The minimum atomic E-state index is -2.02. The molecule has 0 fully saturated rings. The van der Waals surface area contributed by atoms with Gasteiger partial charge in [-0.1, -0.05) is 6.07 Å². The summed E-state index contributed by atoms with van der Waals surface area (Å²) < 4.78 is 23.2. The van der Waals surface area contributed by atoms with Gasteiger partial charge < -0.3 is 18.0 Å². The number of hydrogen-bond acceptors (Lipinski definition) is 5. The Hall–Kier alpha value is -1.52. The maximum Gasteiger partial charge on any atom is 0.358 e. The van der Waals surface area contributed by atoms with Gasteiger partial charge in [-0.05, 0) is 82.7 Å². The van der Waals surface area contributed by atoms with Gasteiger partial charge in [-0.15, -0.1) is 0 Å². The van der Waals surface area contributed by atoms with Crippen LogP contribution >= 0.6 is 0 Å². The largest absolute Gasteiger partial charge is 0.542 e. The molecule has 1 rings (SSSR count). The zero-order chi connectivity index (χ0) is 21.0. The summed E-state index contributed by atoms with van der Waals surface area (Å²) in [4.78, 5) is 12.6. The number of rotatable bonds is 8. The quantitative estimate of drug-likeness (QED) is 0.313. The summed E-state index contributed by atoms with van der Waals surface area (Å²) in [7, 11) is -4.15. The first-order valence-corrected chi connectivity index (χ1v) is 19.3. The molecule has 0 spiro atoms. The average Bonchev–Trinajstić information content (AvgIpc) is 2.43. The molecule has 1 aromatic rings. The second-order valence-corrected chi connectivity index (χ2v) is 22.6. The van der Waals surface area contributed by atoms with Crippen LogP contribution in [0.15, 0.2) is 24.0 Å². The van der Waals surface area contributed by atoms with Crippen LogP contribution in [0.3, 0.4) is 0 Å². The number of hydrogen-bond donors (Lipinski definition) is 0. The fraction of sp³-hybridized carbons (Fsp3) is 0.526. The number of benzene rings is 1. The van der Waals surface area contributed by atoms with Gasteiger partial charge in [0.05, 0.1) is 7.11 Å². The molecule has 8 heteroatoms. The predicted molar refractivity (Wildman–Crippen MR) is 119 cm³/mol. The van der Waals surface area contributed by atoms with E-state index in [0.717, 1.165) is 5.56 Å². The molecule has 27 heavy (non-hydrogen) atoms. The molecular formula is C19H34O5Si3. The van der Waals surface area contributed by atoms with Crippen molar-refractivity contribution in [1.29, 1.82) is 0 Å². The molecule has 0 bridgehead atoms. The Bertz CT molecular complexity index is 695. The average molecular weight is 427 g/mol. The Kier molecular flexibility index (Phi) is 7.54. The zero-order valence-corrected chi connectivity index (χ0v) is 21.4. The van der Waals surface area contributed by atoms with Crippen molar-refractivity contribution in [1.82, 2.24) is 0 Å². The standard InChI is InChI=1S/C19H34O5Si3/c1-21-17-13-15(11-12-16(17)22-25(2,3)4)14-18(23-26(5,6)7)19(20)24-27(8,9)10/h11-14H,1-10H3/b18-14-. The molecule has 0 N–H and O–H groups in total. The molecule has 0 atom stereocenters. The lowest BCUT2D eigenvalue weighted by Gasteiger charge is -2.24. The molecule has 0 saturated heterocycles. The Morgan fingerprint density at radius 2 is 1.37 bits per heavy atom. The van der Waals surface area contributed by atoms with Crippen molar-refractivity contribution in [2.24, 2.45) is 0 Å². The molecule has 0 aliphatic heterocycles. The summed E-state index contributed by atoms with van der Waals surface area (Å²) in [6.45, 7) is 18.4. The Morgan fingerprint density at radius 1 is 0.815 bits per heavy atom. The molecule has 0 aliphatic carbocycles. The summed E-state index contributed by atoms with van der Waals surface area (Å²) in [5, 5.41) is 0. The van der Waals surface area contributed by atoms with Crippen LogP contribution in [0.2, 0.25) is 58.9 Å². The molecule has 5 nitrogen and oxygen atoms in total. The van der Waals surface area contributed by atoms with Crippen LogP contribution in [0.4, 0.5) is 0 Å². The van der Waals surface area contributed by atoms with Crippen LogP contribution in [0, 0.1) is 0 Å². The van der Waals surface area contributed by atoms with E-state index < -0.39 is 30.9 Å². The molecule has 0 saturated carbocycles. The van der Waals surface area contributed by atoms with Gasteiger partial charge in [-0.3, -0.25) is 0 Å². The van der Waals surface area contributed by atoms with Crippen molar-refractivity contribution in [3.63, 3.8) is 0 Å². The number of ether oxygens (including phenoxy) is 1. The van der Waals surface area contributed by atoms with E-state index in [4.69, 9.17) is 18.0 Å². The van der Waals surface area contributed by atoms with Crippen molar-refractivity contribution in [2.45, 2.75) is 58.9 Å². The molecule has 0 amide bonds. The molecular weight excluding hydrogens is 392 g/mol. The van der Waals surface area contributed by atoms with E-state index in [9.17, 15) is 4.79 Å². The topological polar surface area (TPSA) is 54.0 Å². The number of carbonyl (C=O) groups excluding carboxylic acids is 1. The monoisotopic (exact) mass is 426 g/mol. The fourth-order valence-corrected chi connectivity index (χ4v) is 4.41. The van der Waals surface area contributed by atoms with Crippen molar-refractivity contribution >= 4 is 37.0 Å². The predicted octanol–water partition coefficient (Wildman–Crippen LogP) is 5.48. The fourth-order valence-electron chi connectivity index (χ4n) is 2.13. The Morgan fingerprint density at radius 3 is 1.81 bits per heavy atom. The first-order valence-electron chi connectivity index (χ1n) is 9.11. The Balaban J connectivity index is 3.27. The molecule has 0 aliphatic rings. The first kappa shape index (κ1) is 23.5. The maximum absolute atomic E-state index is 12.6. The molecule has 0 radical (unpaired) electrons. The van der Waals surface area contributed by atoms with Gasteiger partial charge in [0.1, 0.15) is 5.75 Å². The van der Waals surface area contributed by atoms with Crippen LogP contribution in [-0.4, -0.2) is 38.0 Å². The lowest BCUT2D eigenvalue weighted by Crippen LogP contribution is -2.33. The van der Waals surface area contributed by atoms with E-state index in [1.807, 2.05) is 57.5 Å².